The number of carbonyl (C=O) groups is 8. The van der Waals surface area contributed by atoms with Gasteiger partial charge in [-0.25, -0.2) is 4.99 Å². The number of anilines is 4. The summed E-state index contributed by atoms with van der Waals surface area (Å²) in [6.07, 6.45) is 10.1. The van der Waals surface area contributed by atoms with Crippen LogP contribution in [0.2, 0.25) is 0 Å². The van der Waals surface area contributed by atoms with Crippen LogP contribution in [0.5, 0.6) is 0 Å². The minimum absolute atomic E-state index is 0. The average molecular weight is 1510 g/mol. The van der Waals surface area contributed by atoms with Crippen LogP contribution in [0.1, 0.15) is 190 Å². The number of allylic oxidation sites excluding steroid dienone is 3. The third-order valence-electron chi connectivity index (χ3n) is 22.1. The smallest absolute Gasteiger partial charge is 0.674 e. The second-order valence-corrected chi connectivity index (χ2v) is 34.4. The van der Waals surface area contributed by atoms with Crippen LogP contribution in [-0.2, 0) is 95.7 Å². The quantitative estimate of drug-likeness (QED) is 0.0927. The first kappa shape index (κ1) is 75.7. The van der Waals surface area contributed by atoms with E-state index in [-0.39, 0.29) is 113 Å². The Labute approximate surface area is 645 Å². The largest absolute Gasteiger partial charge is 3.00 e. The Morgan fingerprint density at radius 1 is 0.394 bits per heavy atom. The van der Waals surface area contributed by atoms with Crippen molar-refractivity contribution in [2.24, 2.45) is 52.3 Å². The predicted octanol–water partition coefficient (Wildman–Crippen LogP) is 12.8. The van der Waals surface area contributed by atoms with Crippen LogP contribution >= 0.6 is 0 Å². The van der Waals surface area contributed by atoms with E-state index < -0.39 is 101 Å². The summed E-state index contributed by atoms with van der Waals surface area (Å²) in [5, 5.41) is 19.6. The molecule has 4 aliphatic carbocycles. The molecule has 4 fully saturated rings. The van der Waals surface area contributed by atoms with E-state index in [0.717, 1.165) is 33.4 Å². The van der Waals surface area contributed by atoms with E-state index >= 15 is 19.2 Å². The Bertz CT molecular complexity index is 4920. The van der Waals surface area contributed by atoms with Crippen molar-refractivity contribution in [3.05, 3.63) is 205 Å². The summed E-state index contributed by atoms with van der Waals surface area (Å²) >= 11 is 0. The molecule has 0 spiro atoms. The first-order valence-electron chi connectivity index (χ1n) is 38.0. The van der Waals surface area contributed by atoms with Crippen LogP contribution in [0, 0.1) is 47.3 Å². The van der Waals surface area contributed by atoms with Gasteiger partial charge in [0, 0.05) is 11.1 Å². The Balaban J connectivity index is 0.00000992. The van der Waals surface area contributed by atoms with E-state index in [2.05, 4.69) is 141 Å². The Morgan fingerprint density at radius 2 is 0.761 bits per heavy atom. The first-order chi connectivity index (χ1) is 51.3. The molecular formula is C88H93CoN8O12. The molecule has 17 rings (SSSR count). The van der Waals surface area contributed by atoms with Crippen molar-refractivity contribution in [2.45, 2.75) is 162 Å². The Morgan fingerprint density at radius 3 is 1.16 bits per heavy atom. The van der Waals surface area contributed by atoms with Crippen molar-refractivity contribution < 1.29 is 74.1 Å². The molecule has 12 bridgehead atoms. The average Bonchev–Trinajstić information content (AvgIpc) is 1.63. The second-order valence-electron chi connectivity index (χ2n) is 34.4. The van der Waals surface area contributed by atoms with Gasteiger partial charge in [-0.05, 0) is 160 Å². The number of nitrogens with one attached hydrogen (secondary N) is 4. The van der Waals surface area contributed by atoms with Gasteiger partial charge in [0.1, 0.15) is 0 Å². The minimum atomic E-state index is -0.797. The molecule has 4 aromatic carbocycles. The fourth-order valence-corrected chi connectivity index (χ4v) is 15.1. The number of carbonyl (C=O) groups excluding carboxylic acids is 8. The number of benzene rings is 4. The second kappa shape index (κ2) is 29.0. The first-order valence-corrected chi connectivity index (χ1v) is 38.0. The van der Waals surface area contributed by atoms with E-state index in [0.29, 0.717) is 98.3 Å². The van der Waals surface area contributed by atoms with Crippen molar-refractivity contribution in [1.29, 1.82) is 0 Å². The summed E-state index contributed by atoms with van der Waals surface area (Å²) in [6.45, 7) is 26.1. The molecule has 5 unspecified atom stereocenters. The summed E-state index contributed by atoms with van der Waals surface area (Å²) < 4.78 is 23.0. The topological polar surface area (TPSA) is 276 Å². The molecule has 11 aliphatic rings. The number of amides is 4. The van der Waals surface area contributed by atoms with Gasteiger partial charge in [0.05, 0.1) is 108 Å². The van der Waals surface area contributed by atoms with Gasteiger partial charge >= 0.3 is 40.7 Å². The van der Waals surface area contributed by atoms with Gasteiger partial charge < -0.3 is 55.5 Å². The number of aromatic nitrogens is 2. The molecule has 566 valence electrons. The van der Waals surface area contributed by atoms with Gasteiger partial charge in [0.25, 0.3) is 0 Å². The van der Waals surface area contributed by atoms with Crippen molar-refractivity contribution in [1.82, 2.24) is 9.97 Å². The fourth-order valence-electron chi connectivity index (χ4n) is 15.1. The van der Waals surface area contributed by atoms with Crippen LogP contribution in [0.3, 0.4) is 0 Å². The molecule has 6 aromatic rings. The van der Waals surface area contributed by atoms with E-state index in [1.165, 1.54) is 0 Å². The summed E-state index contributed by atoms with van der Waals surface area (Å²) in [5.74, 6) is -10.1. The zero-order chi connectivity index (χ0) is 76.2. The van der Waals surface area contributed by atoms with E-state index in [9.17, 15) is 19.2 Å². The maximum atomic E-state index is 15.0. The third-order valence-corrected chi connectivity index (χ3v) is 22.1. The third kappa shape index (κ3) is 15.6. The predicted molar refractivity (Wildman–Crippen MR) is 412 cm³/mol. The zero-order valence-electron chi connectivity index (χ0n) is 63.7. The van der Waals surface area contributed by atoms with Gasteiger partial charge in [0.15, 0.2) is 0 Å². The standard InChI is InChI=1S/C88H96N8O12.Co/c1-85(2,3)47-35-45(36-48(39-47)86(4,5)6)71-63-23-27-67(89-63)75-69-29-25-65(91-69)72(46-37-49(87(7,8)9)40-50(38-46)88(10,11)12)66-26-30-70(92-66)76(68-28-24-64(71)90-68)74-60-20-18-22-62(74)96-80(100)54-44-58(54)84(104)108-34-16-15-33-107-83(103)57-43-53(57)79(99)95-61-21-17-19-59(73(61)75)93-77(97)51-41-55(51)81(101)105-31-13-14-32-106-82(102)56-42-52(56)78(98)94-60;/h17-30,35-40,51-58,63H,13-16,31-34,41-44H2,1-12H3,(H7,89,90,91,92,93,94,95,96,97,98,99,100);/q;+3/p-3/b71-64-;/t51?,52-,53?,54-,55+,56+,57?,58?,63?;/m1./s1. The van der Waals surface area contributed by atoms with E-state index in [1.54, 1.807) is 36.4 Å². The summed E-state index contributed by atoms with van der Waals surface area (Å²) in [6, 6.07) is 30.6. The molecule has 109 heavy (non-hydrogen) atoms. The minimum Gasteiger partial charge on any atom is -0.674 e. The van der Waals surface area contributed by atoms with Crippen molar-refractivity contribution >= 4 is 98.3 Å². The molecule has 0 saturated heterocycles. The molecule has 0 radical (unpaired) electrons. The SMILES string of the molecule is CC(C)(C)c1cc(/C2=C3\C=CC(=N3)/C3=c4/cc/c([n-]4)=C(\c4cc(C(C)(C)C)cc(C(C)(C)C)c4)C4C=C/C(=C(/c5ccc2[n-]5)c2c5cccc2NC(=O)C2C[C@@H]2C(=O)OCCCCOC(=O)[C@H]2C[C@H]2C(=O)Nc2cccc(c23)NC(=O)[C@@H]2CC2C(=O)OCCCCOC(=O)C2CC2C(=O)N5)[N-]4)cc(C(C)(C)C)c1.[Co+3]. The van der Waals surface area contributed by atoms with Crippen molar-refractivity contribution in [2.75, 3.05) is 47.7 Å². The molecule has 4 N–H and O–H groups in total. The number of ether oxygens (including phenoxy) is 4. The maximum Gasteiger partial charge on any atom is 3.00 e. The normalized spacial score (nSPS) is 27.1. The molecule has 9 heterocycles. The molecule has 2 aromatic heterocycles. The molecule has 20 nitrogen and oxygen atoms in total. The van der Waals surface area contributed by atoms with Gasteiger partial charge in [-0.2, -0.15) is 0 Å². The van der Waals surface area contributed by atoms with Crippen LogP contribution < -0.4 is 41.9 Å². The molecule has 21 heteroatoms. The fraction of sp³-hybridized carbons (Fsp3) is 0.420. The number of nitrogens with zero attached hydrogens (tertiary/aromatic N) is 4. The monoisotopic (exact) mass is 1510 g/mol. The number of esters is 4. The van der Waals surface area contributed by atoms with Crippen molar-refractivity contribution in [3.63, 3.8) is 0 Å². The van der Waals surface area contributed by atoms with Crippen LogP contribution in [0.25, 0.3) is 27.6 Å². The van der Waals surface area contributed by atoms with Gasteiger partial charge in [-0.3, -0.25) is 38.4 Å². The van der Waals surface area contributed by atoms with Gasteiger partial charge in [-0.1, -0.05) is 180 Å². The van der Waals surface area contributed by atoms with Crippen LogP contribution in [0.15, 0.2) is 138 Å². The van der Waals surface area contributed by atoms with Crippen LogP contribution in [0.4, 0.5) is 22.7 Å². The summed E-state index contributed by atoms with van der Waals surface area (Å²) in [4.78, 5) is 133. The zero-order valence-corrected chi connectivity index (χ0v) is 64.8. The van der Waals surface area contributed by atoms with Crippen LogP contribution in [-0.4, -0.2) is 85.7 Å². The van der Waals surface area contributed by atoms with E-state index in [4.69, 9.17) is 39.2 Å². The molecule has 4 saturated carbocycles. The molecular weight excluding hydrogens is 1420 g/mol. The Kier molecular flexibility index (Phi) is 20.2. The maximum absolute atomic E-state index is 15.0. The molecule has 7 aliphatic heterocycles. The number of hydrogen-bond donors (Lipinski definition) is 4. The number of aliphatic imine (C=N–C) groups is 1. The van der Waals surface area contributed by atoms with Gasteiger partial charge in [-0.15, -0.1) is 27.8 Å². The molecule has 9 atom stereocenters. The summed E-state index contributed by atoms with van der Waals surface area (Å²) in [7, 11) is 0. The van der Waals surface area contributed by atoms with Crippen molar-refractivity contribution in [3.8, 4) is 0 Å². The number of rotatable bonds is 2. The Hall–Kier alpha value is -10.1. The molecule has 4 amide bonds. The van der Waals surface area contributed by atoms with Gasteiger partial charge in [0.2, 0.25) is 23.6 Å². The number of hydrogen-bond acceptors (Lipinski definition) is 13. The summed E-state index contributed by atoms with van der Waals surface area (Å²) in [5.41, 5.74) is 10.7. The number of fused-ring (bicyclic) bond motifs is 18. The van der Waals surface area contributed by atoms with E-state index in [1.807, 2.05) is 48.6 Å².